The van der Waals surface area contributed by atoms with Gasteiger partial charge < -0.3 is 10.0 Å². The first kappa shape index (κ1) is 20.7. The van der Waals surface area contributed by atoms with Crippen LogP contribution in [0.5, 0.6) is 0 Å². The van der Waals surface area contributed by atoms with Crippen LogP contribution in [0.3, 0.4) is 0 Å². The predicted octanol–water partition coefficient (Wildman–Crippen LogP) is 3.31. The molecule has 0 aliphatic rings. The molecular formula is C18H16ClFN4O4S. The topological polar surface area (TPSA) is 105 Å². The molecule has 0 unspecified atom stereocenters. The van der Waals surface area contributed by atoms with Crippen molar-refractivity contribution in [1.82, 2.24) is 19.7 Å². The van der Waals surface area contributed by atoms with Crippen LogP contribution in [0.2, 0.25) is 5.15 Å². The van der Waals surface area contributed by atoms with Crippen LogP contribution in [0.4, 0.5) is 9.18 Å². The highest BCUT2D eigenvalue weighted by Gasteiger charge is 2.27. The molecule has 1 N–H and O–H groups in total. The minimum atomic E-state index is -4.11. The number of aromatic nitrogens is 3. The number of benzene rings is 1. The lowest BCUT2D eigenvalue weighted by atomic mass is 10.2. The van der Waals surface area contributed by atoms with Crippen LogP contribution in [0.15, 0.2) is 52.5 Å². The summed E-state index contributed by atoms with van der Waals surface area (Å²) in [4.78, 5) is 15.7. The van der Waals surface area contributed by atoms with Gasteiger partial charge in [-0.15, -0.1) is 0 Å². The zero-order chi connectivity index (χ0) is 21.3. The standard InChI is InChI=1S/C18H16ClFN4O4S/c1-11-14(20)4-3-5-15(11)24-17(8-12(22-24)10-23(2)18(25)26)29(27,28)13-6-7-16(19)21-9-13/h3-9H,10H2,1-2H3,(H,25,26). The Bertz CT molecular complexity index is 1180. The summed E-state index contributed by atoms with van der Waals surface area (Å²) in [5.41, 5.74) is 0.591. The van der Waals surface area contributed by atoms with Gasteiger partial charge in [-0.25, -0.2) is 27.3 Å². The lowest BCUT2D eigenvalue weighted by Crippen LogP contribution is -2.24. The van der Waals surface area contributed by atoms with Gasteiger partial charge in [-0.3, -0.25) is 0 Å². The van der Waals surface area contributed by atoms with Crippen molar-refractivity contribution in [3.05, 3.63) is 64.8 Å². The average Bonchev–Trinajstić information content (AvgIpc) is 3.08. The summed E-state index contributed by atoms with van der Waals surface area (Å²) in [6.07, 6.45) is -0.0935. The van der Waals surface area contributed by atoms with E-state index in [4.69, 9.17) is 16.7 Å². The van der Waals surface area contributed by atoms with Gasteiger partial charge in [0.25, 0.3) is 0 Å². The lowest BCUT2D eigenvalue weighted by molar-refractivity contribution is 0.153. The number of halogens is 2. The van der Waals surface area contributed by atoms with Gasteiger partial charge >= 0.3 is 6.09 Å². The van der Waals surface area contributed by atoms with Crippen LogP contribution in [0, 0.1) is 12.7 Å². The second-order valence-corrected chi connectivity index (χ2v) is 8.51. The van der Waals surface area contributed by atoms with E-state index in [1.165, 1.54) is 50.4 Å². The highest BCUT2D eigenvalue weighted by molar-refractivity contribution is 7.91. The molecule has 0 bridgehead atoms. The van der Waals surface area contributed by atoms with Crippen LogP contribution >= 0.6 is 11.6 Å². The Morgan fingerprint density at radius 3 is 2.66 bits per heavy atom. The first-order chi connectivity index (χ1) is 13.6. The van der Waals surface area contributed by atoms with Crippen molar-refractivity contribution in [2.75, 3.05) is 7.05 Å². The fourth-order valence-electron chi connectivity index (χ4n) is 2.63. The van der Waals surface area contributed by atoms with Gasteiger partial charge in [-0.05, 0) is 31.2 Å². The van der Waals surface area contributed by atoms with Crippen molar-refractivity contribution in [2.24, 2.45) is 0 Å². The third kappa shape index (κ3) is 4.08. The second-order valence-electron chi connectivity index (χ2n) is 6.23. The predicted molar refractivity (Wildman–Crippen MR) is 102 cm³/mol. The number of hydrogen-bond donors (Lipinski definition) is 1. The number of carboxylic acid groups (broad SMARTS) is 1. The largest absolute Gasteiger partial charge is 0.465 e. The molecule has 1 aromatic carbocycles. The van der Waals surface area contributed by atoms with Gasteiger partial charge in [0.05, 0.1) is 22.8 Å². The molecule has 0 saturated heterocycles. The van der Waals surface area contributed by atoms with Gasteiger partial charge in [-0.2, -0.15) is 5.10 Å². The Kier molecular flexibility index (Phi) is 5.58. The molecule has 0 atom stereocenters. The molecule has 3 rings (SSSR count). The molecule has 8 nitrogen and oxygen atoms in total. The summed E-state index contributed by atoms with van der Waals surface area (Å²) in [6, 6.07) is 8.09. The van der Waals surface area contributed by atoms with Crippen molar-refractivity contribution in [3.8, 4) is 5.69 Å². The summed E-state index contributed by atoms with van der Waals surface area (Å²) in [6.45, 7) is 1.34. The number of pyridine rings is 1. The molecule has 2 aromatic heterocycles. The van der Waals surface area contributed by atoms with Gasteiger partial charge in [0.1, 0.15) is 11.0 Å². The van der Waals surface area contributed by atoms with E-state index < -0.39 is 21.7 Å². The van der Waals surface area contributed by atoms with Gasteiger partial charge in [-0.1, -0.05) is 17.7 Å². The second kappa shape index (κ2) is 7.80. The van der Waals surface area contributed by atoms with Crippen LogP contribution in [-0.2, 0) is 16.4 Å². The Morgan fingerprint density at radius 1 is 1.31 bits per heavy atom. The molecule has 3 aromatic rings. The van der Waals surface area contributed by atoms with E-state index in [2.05, 4.69) is 10.1 Å². The van der Waals surface area contributed by atoms with E-state index >= 15 is 0 Å². The monoisotopic (exact) mass is 438 g/mol. The van der Waals surface area contributed by atoms with Crippen molar-refractivity contribution in [2.45, 2.75) is 23.4 Å². The maximum Gasteiger partial charge on any atom is 0.407 e. The van der Waals surface area contributed by atoms with Crippen LogP contribution in [-0.4, -0.2) is 46.3 Å². The van der Waals surface area contributed by atoms with E-state index in [0.717, 1.165) is 15.8 Å². The number of amides is 1. The van der Waals surface area contributed by atoms with Crippen molar-refractivity contribution >= 4 is 27.5 Å². The molecular weight excluding hydrogens is 423 g/mol. The quantitative estimate of drug-likeness (QED) is 0.612. The fraction of sp³-hybridized carbons (Fsp3) is 0.167. The third-order valence-electron chi connectivity index (χ3n) is 4.21. The number of nitrogens with zero attached hydrogens (tertiary/aromatic N) is 4. The van der Waals surface area contributed by atoms with E-state index in [1.54, 1.807) is 0 Å². The first-order valence-corrected chi connectivity index (χ1v) is 10.1. The van der Waals surface area contributed by atoms with Crippen LogP contribution in [0.25, 0.3) is 5.69 Å². The first-order valence-electron chi connectivity index (χ1n) is 8.26. The molecule has 1 amide bonds. The summed E-state index contributed by atoms with van der Waals surface area (Å²) >= 11 is 5.74. The van der Waals surface area contributed by atoms with E-state index in [9.17, 15) is 17.6 Å². The molecule has 0 spiro atoms. The summed E-state index contributed by atoms with van der Waals surface area (Å²) in [5, 5.41) is 13.2. The third-order valence-corrected chi connectivity index (χ3v) is 6.13. The highest BCUT2D eigenvalue weighted by atomic mass is 35.5. The van der Waals surface area contributed by atoms with Crippen molar-refractivity contribution in [3.63, 3.8) is 0 Å². The van der Waals surface area contributed by atoms with Gasteiger partial charge in [0, 0.05) is 24.9 Å². The van der Waals surface area contributed by atoms with Crippen molar-refractivity contribution < 1.29 is 22.7 Å². The van der Waals surface area contributed by atoms with E-state index in [-0.39, 0.29) is 38.6 Å². The minimum Gasteiger partial charge on any atom is -0.465 e. The minimum absolute atomic E-state index is 0.127. The fourth-order valence-corrected chi connectivity index (χ4v) is 4.08. The SMILES string of the molecule is Cc1c(F)cccc1-n1nc(CN(C)C(=O)O)cc1S(=O)(=O)c1ccc(Cl)nc1. The van der Waals surface area contributed by atoms with E-state index in [1.807, 2.05) is 0 Å². The Morgan fingerprint density at radius 2 is 2.03 bits per heavy atom. The molecule has 0 saturated carbocycles. The summed E-state index contributed by atoms with van der Waals surface area (Å²) < 4.78 is 41.6. The molecule has 29 heavy (non-hydrogen) atoms. The molecule has 2 heterocycles. The summed E-state index contributed by atoms with van der Waals surface area (Å²) in [5.74, 6) is -0.529. The van der Waals surface area contributed by atoms with Gasteiger partial charge in [0.2, 0.25) is 9.84 Å². The Hall–Kier alpha value is -2.98. The molecule has 0 aliphatic heterocycles. The highest BCUT2D eigenvalue weighted by Crippen LogP contribution is 2.27. The maximum atomic E-state index is 14.1. The van der Waals surface area contributed by atoms with Crippen molar-refractivity contribution in [1.29, 1.82) is 0 Å². The number of sulfone groups is 1. The Balaban J connectivity index is 2.21. The molecule has 11 heteroatoms. The molecule has 152 valence electrons. The Labute approximate surface area is 171 Å². The average molecular weight is 439 g/mol. The molecule has 0 aliphatic carbocycles. The zero-order valence-corrected chi connectivity index (χ0v) is 16.9. The lowest BCUT2D eigenvalue weighted by Gasteiger charge is -2.12. The molecule has 0 radical (unpaired) electrons. The zero-order valence-electron chi connectivity index (χ0n) is 15.4. The number of rotatable bonds is 5. The van der Waals surface area contributed by atoms with E-state index in [0.29, 0.717) is 0 Å². The normalized spacial score (nSPS) is 11.4. The van der Waals surface area contributed by atoms with Crippen LogP contribution in [0.1, 0.15) is 11.3 Å². The van der Waals surface area contributed by atoms with Crippen LogP contribution < -0.4 is 0 Å². The number of hydrogen-bond acceptors (Lipinski definition) is 5. The molecule has 0 fully saturated rings. The van der Waals surface area contributed by atoms with Gasteiger partial charge in [0.15, 0.2) is 5.03 Å². The maximum absolute atomic E-state index is 14.1. The number of carbonyl (C=O) groups is 1. The smallest absolute Gasteiger partial charge is 0.407 e. The summed E-state index contributed by atoms with van der Waals surface area (Å²) in [7, 11) is -2.78.